The van der Waals surface area contributed by atoms with Crippen molar-refractivity contribution in [2.75, 3.05) is 6.54 Å². The number of benzene rings is 1. The van der Waals surface area contributed by atoms with Crippen LogP contribution in [0.1, 0.15) is 27.2 Å². The monoisotopic (exact) mass is 376 g/mol. The molecule has 0 aromatic heterocycles. The molecule has 21 heavy (non-hydrogen) atoms. The molecule has 0 bridgehead atoms. The molecule has 1 atom stereocenters. The molecule has 0 fully saturated rings. The molecule has 0 aliphatic heterocycles. The summed E-state index contributed by atoms with van der Waals surface area (Å²) in [6.45, 7) is 6.08. The summed E-state index contributed by atoms with van der Waals surface area (Å²) in [5.74, 6) is -0.445. The topological polar surface area (TPSA) is 75.3 Å². The minimum atomic E-state index is -3.72. The van der Waals surface area contributed by atoms with E-state index in [9.17, 15) is 13.2 Å². The number of halogens is 1. The quantitative estimate of drug-likeness (QED) is 0.766. The van der Waals surface area contributed by atoms with E-state index < -0.39 is 16.1 Å². The van der Waals surface area contributed by atoms with Crippen molar-refractivity contribution in [1.29, 1.82) is 0 Å². The van der Waals surface area contributed by atoms with Gasteiger partial charge in [0.15, 0.2) is 0 Å². The molecule has 5 nitrogen and oxygen atoms in total. The minimum Gasteiger partial charge on any atom is -0.355 e. The minimum absolute atomic E-state index is 0.139. The van der Waals surface area contributed by atoms with E-state index in [1.165, 1.54) is 12.1 Å². The van der Waals surface area contributed by atoms with Crippen molar-refractivity contribution in [3.63, 3.8) is 0 Å². The second-order valence-electron chi connectivity index (χ2n) is 5.09. The average molecular weight is 377 g/mol. The fourth-order valence-electron chi connectivity index (χ4n) is 1.70. The molecule has 1 aromatic carbocycles. The van der Waals surface area contributed by atoms with Gasteiger partial charge in [-0.25, -0.2) is 8.42 Å². The lowest BCUT2D eigenvalue weighted by molar-refractivity contribution is -0.123. The summed E-state index contributed by atoms with van der Waals surface area (Å²) in [5, 5.41) is 2.72. The van der Waals surface area contributed by atoms with E-state index in [1.807, 2.05) is 6.92 Å². The van der Waals surface area contributed by atoms with Crippen LogP contribution in [0.25, 0.3) is 0 Å². The smallest absolute Gasteiger partial charge is 0.241 e. The van der Waals surface area contributed by atoms with Crippen LogP contribution >= 0.6 is 15.9 Å². The highest BCUT2D eigenvalue weighted by atomic mass is 79.9. The Kier molecular flexibility index (Phi) is 6.83. The Morgan fingerprint density at radius 2 is 1.81 bits per heavy atom. The molecule has 2 N–H and O–H groups in total. The number of amides is 1. The number of hydrogen-bond donors (Lipinski definition) is 2. The molecular formula is C14H21BrN2O3S. The lowest BCUT2D eigenvalue weighted by Gasteiger charge is -2.21. The van der Waals surface area contributed by atoms with Crippen molar-refractivity contribution in [2.45, 2.75) is 38.1 Å². The summed E-state index contributed by atoms with van der Waals surface area (Å²) >= 11 is 3.26. The molecule has 1 rings (SSSR count). The molecule has 1 aromatic rings. The van der Waals surface area contributed by atoms with Crippen molar-refractivity contribution in [1.82, 2.24) is 10.0 Å². The van der Waals surface area contributed by atoms with Crippen LogP contribution in [0.3, 0.4) is 0 Å². The molecule has 0 aliphatic carbocycles. The van der Waals surface area contributed by atoms with Gasteiger partial charge in [0.2, 0.25) is 15.9 Å². The highest BCUT2D eigenvalue weighted by Gasteiger charge is 2.27. The number of carbonyl (C=O) groups is 1. The first-order chi connectivity index (χ1) is 9.77. The molecule has 0 saturated heterocycles. The lowest BCUT2D eigenvalue weighted by atomic mass is 10.1. The van der Waals surface area contributed by atoms with Gasteiger partial charge in [-0.15, -0.1) is 0 Å². The Morgan fingerprint density at radius 3 is 2.29 bits per heavy atom. The van der Waals surface area contributed by atoms with Gasteiger partial charge in [-0.05, 0) is 36.6 Å². The number of rotatable bonds is 7. The van der Waals surface area contributed by atoms with Crippen molar-refractivity contribution >= 4 is 31.9 Å². The van der Waals surface area contributed by atoms with Crippen molar-refractivity contribution < 1.29 is 13.2 Å². The van der Waals surface area contributed by atoms with Crippen LogP contribution in [0.5, 0.6) is 0 Å². The number of nitrogens with one attached hydrogen (secondary N) is 2. The largest absolute Gasteiger partial charge is 0.355 e. The third kappa shape index (κ3) is 5.41. The Morgan fingerprint density at radius 1 is 1.24 bits per heavy atom. The zero-order chi connectivity index (χ0) is 16.0. The summed E-state index contributed by atoms with van der Waals surface area (Å²) in [5.41, 5.74) is 0. The fraction of sp³-hybridized carbons (Fsp3) is 0.500. The zero-order valence-electron chi connectivity index (χ0n) is 12.4. The number of carbonyl (C=O) groups excluding carboxylic acids is 1. The average Bonchev–Trinajstić information content (AvgIpc) is 2.42. The predicted molar refractivity (Wildman–Crippen MR) is 86.4 cm³/mol. The first-order valence-electron chi connectivity index (χ1n) is 6.83. The SMILES string of the molecule is CCCNC(=O)[C@@H](NS(=O)(=O)c1ccc(Br)cc1)C(C)C. The van der Waals surface area contributed by atoms with Crippen LogP contribution in [0.15, 0.2) is 33.6 Å². The molecule has 0 spiro atoms. The molecule has 1 amide bonds. The highest BCUT2D eigenvalue weighted by Crippen LogP contribution is 2.16. The number of hydrogen-bond acceptors (Lipinski definition) is 3. The fourth-order valence-corrected chi connectivity index (χ4v) is 3.31. The standard InChI is InChI=1S/C14H21BrN2O3S/c1-4-9-16-14(18)13(10(2)3)17-21(19,20)12-7-5-11(15)6-8-12/h5-8,10,13,17H,4,9H2,1-3H3,(H,16,18)/t13-/m0/s1. The normalized spacial score (nSPS) is 13.2. The molecule has 0 aliphatic rings. The maximum atomic E-state index is 12.3. The second-order valence-corrected chi connectivity index (χ2v) is 7.72. The van der Waals surface area contributed by atoms with Crippen molar-refractivity contribution in [2.24, 2.45) is 5.92 Å². The van der Waals surface area contributed by atoms with Gasteiger partial charge in [0.1, 0.15) is 6.04 Å². The van der Waals surface area contributed by atoms with Crippen LogP contribution in [0, 0.1) is 5.92 Å². The van der Waals surface area contributed by atoms with Crippen molar-refractivity contribution in [3.8, 4) is 0 Å². The number of sulfonamides is 1. The summed E-state index contributed by atoms with van der Waals surface area (Å²) in [6.07, 6.45) is 0.802. The van der Waals surface area contributed by atoms with Crippen LogP contribution in [0.4, 0.5) is 0 Å². The molecule has 0 heterocycles. The van der Waals surface area contributed by atoms with E-state index in [0.717, 1.165) is 10.9 Å². The van der Waals surface area contributed by atoms with Crippen LogP contribution < -0.4 is 10.0 Å². The van der Waals surface area contributed by atoms with E-state index in [1.54, 1.807) is 26.0 Å². The summed E-state index contributed by atoms with van der Waals surface area (Å²) in [6, 6.07) is 5.50. The lowest BCUT2D eigenvalue weighted by Crippen LogP contribution is -2.49. The van der Waals surface area contributed by atoms with E-state index in [4.69, 9.17) is 0 Å². The second kappa shape index (κ2) is 7.91. The molecule has 7 heteroatoms. The van der Waals surface area contributed by atoms with Crippen LogP contribution in [-0.2, 0) is 14.8 Å². The Balaban J connectivity index is 2.92. The maximum absolute atomic E-state index is 12.3. The molecule has 118 valence electrons. The van der Waals surface area contributed by atoms with Crippen LogP contribution in [0.2, 0.25) is 0 Å². The summed E-state index contributed by atoms with van der Waals surface area (Å²) in [4.78, 5) is 12.2. The van der Waals surface area contributed by atoms with E-state index in [2.05, 4.69) is 26.0 Å². The molecule has 0 radical (unpaired) electrons. The predicted octanol–water partition coefficient (Wildman–Crippen LogP) is 2.28. The summed E-state index contributed by atoms with van der Waals surface area (Å²) in [7, 11) is -3.72. The highest BCUT2D eigenvalue weighted by molar-refractivity contribution is 9.10. The zero-order valence-corrected chi connectivity index (χ0v) is 14.8. The van der Waals surface area contributed by atoms with Crippen LogP contribution in [-0.4, -0.2) is 26.9 Å². The van der Waals surface area contributed by atoms with Gasteiger partial charge in [0, 0.05) is 11.0 Å². The van der Waals surface area contributed by atoms with Gasteiger partial charge in [-0.1, -0.05) is 36.7 Å². The van der Waals surface area contributed by atoms with Gasteiger partial charge >= 0.3 is 0 Å². The van der Waals surface area contributed by atoms with Gasteiger partial charge in [0.05, 0.1) is 4.90 Å². The van der Waals surface area contributed by atoms with Gasteiger partial charge in [-0.2, -0.15) is 4.72 Å². The van der Waals surface area contributed by atoms with E-state index >= 15 is 0 Å². The Bertz CT molecular complexity index is 570. The maximum Gasteiger partial charge on any atom is 0.241 e. The van der Waals surface area contributed by atoms with E-state index in [-0.39, 0.29) is 16.7 Å². The summed E-state index contributed by atoms with van der Waals surface area (Å²) < 4.78 is 27.9. The first kappa shape index (κ1) is 18.1. The van der Waals surface area contributed by atoms with Gasteiger partial charge < -0.3 is 5.32 Å². The third-order valence-electron chi connectivity index (χ3n) is 2.90. The molecule has 0 unspecified atom stereocenters. The molecular weight excluding hydrogens is 356 g/mol. The Hall–Kier alpha value is -0.920. The van der Waals surface area contributed by atoms with Crippen molar-refractivity contribution in [3.05, 3.63) is 28.7 Å². The third-order valence-corrected chi connectivity index (χ3v) is 4.89. The van der Waals surface area contributed by atoms with Gasteiger partial charge in [0.25, 0.3) is 0 Å². The van der Waals surface area contributed by atoms with Gasteiger partial charge in [-0.3, -0.25) is 4.79 Å². The van der Waals surface area contributed by atoms with E-state index in [0.29, 0.717) is 6.54 Å². The Labute approximate surface area is 134 Å². The molecule has 0 saturated carbocycles. The first-order valence-corrected chi connectivity index (χ1v) is 9.11.